The molecule has 1 amide bonds. The molecule has 0 saturated carbocycles. The summed E-state index contributed by atoms with van der Waals surface area (Å²) in [7, 11) is 5.45. The van der Waals surface area contributed by atoms with E-state index in [2.05, 4.69) is 26.1 Å². The molecule has 0 fully saturated rings. The lowest BCUT2D eigenvalue weighted by molar-refractivity contribution is 0.0781. The molecular weight excluding hydrogens is 310 g/mol. The first-order chi connectivity index (χ1) is 8.91. The Morgan fingerprint density at radius 1 is 1.32 bits per heavy atom. The van der Waals surface area contributed by atoms with Crippen molar-refractivity contribution in [2.75, 3.05) is 7.05 Å². The Bertz CT molecular complexity index is 596. The maximum absolute atomic E-state index is 12.4. The number of nitrogens with zero attached hydrogens (tertiary/aromatic N) is 5. The molecule has 2 heterocycles. The van der Waals surface area contributed by atoms with Gasteiger partial charge in [-0.1, -0.05) is 0 Å². The zero-order chi connectivity index (χ0) is 14.2. The van der Waals surface area contributed by atoms with Crippen molar-refractivity contribution in [1.82, 2.24) is 24.5 Å². The summed E-state index contributed by atoms with van der Waals surface area (Å²) in [5.74, 6) is -0.0429. The summed E-state index contributed by atoms with van der Waals surface area (Å²) in [6, 6.07) is 0. The highest BCUT2D eigenvalue weighted by atomic mass is 79.9. The fraction of sp³-hybridized carbons (Fsp3) is 0.417. The van der Waals surface area contributed by atoms with Crippen molar-refractivity contribution >= 4 is 21.8 Å². The summed E-state index contributed by atoms with van der Waals surface area (Å²) in [5, 5.41) is 8.23. The molecule has 19 heavy (non-hydrogen) atoms. The van der Waals surface area contributed by atoms with Crippen molar-refractivity contribution in [3.63, 3.8) is 0 Å². The first kappa shape index (κ1) is 13.8. The molecule has 7 heteroatoms. The second kappa shape index (κ2) is 5.16. The van der Waals surface area contributed by atoms with Gasteiger partial charge in [0.05, 0.1) is 34.7 Å². The number of amides is 1. The lowest BCUT2D eigenvalue weighted by Crippen LogP contribution is -2.27. The lowest BCUT2D eigenvalue weighted by atomic mass is 10.2. The van der Waals surface area contributed by atoms with E-state index in [0.717, 1.165) is 15.9 Å². The van der Waals surface area contributed by atoms with Gasteiger partial charge in [0.25, 0.3) is 5.91 Å². The number of hydrogen-bond donors (Lipinski definition) is 0. The van der Waals surface area contributed by atoms with Gasteiger partial charge in [0.2, 0.25) is 0 Å². The first-order valence-electron chi connectivity index (χ1n) is 5.82. The molecule has 0 radical (unpaired) electrons. The molecule has 102 valence electrons. The largest absolute Gasteiger partial charge is 0.336 e. The summed E-state index contributed by atoms with van der Waals surface area (Å²) >= 11 is 3.43. The van der Waals surface area contributed by atoms with Crippen LogP contribution in [0, 0.1) is 6.92 Å². The van der Waals surface area contributed by atoms with Crippen molar-refractivity contribution in [2.45, 2.75) is 13.5 Å². The Balaban J connectivity index is 2.19. The molecule has 0 aliphatic rings. The van der Waals surface area contributed by atoms with E-state index in [0.29, 0.717) is 12.1 Å². The molecule has 0 aliphatic carbocycles. The van der Waals surface area contributed by atoms with Crippen LogP contribution in [0.5, 0.6) is 0 Å². The average Bonchev–Trinajstić information content (AvgIpc) is 2.86. The van der Waals surface area contributed by atoms with Crippen molar-refractivity contribution in [3.8, 4) is 0 Å². The molecule has 0 N–H and O–H groups in total. The van der Waals surface area contributed by atoms with Gasteiger partial charge in [0.1, 0.15) is 0 Å². The molecule has 0 saturated heterocycles. The molecular formula is C12H16BrN5O. The highest BCUT2D eigenvalue weighted by Crippen LogP contribution is 2.18. The predicted molar refractivity (Wildman–Crippen MR) is 74.7 cm³/mol. The van der Waals surface area contributed by atoms with Crippen LogP contribution >= 0.6 is 15.9 Å². The van der Waals surface area contributed by atoms with Crippen molar-refractivity contribution in [3.05, 3.63) is 33.8 Å². The molecule has 0 aliphatic heterocycles. The van der Waals surface area contributed by atoms with Gasteiger partial charge in [-0.05, 0) is 22.9 Å². The standard InChI is InChI=1S/C12H16BrN5O/c1-8-9(5-14-17(8)3)12(19)16(2)7-11-10(13)6-15-18(11)4/h5-6H,7H2,1-4H3. The van der Waals surface area contributed by atoms with E-state index in [9.17, 15) is 4.79 Å². The van der Waals surface area contributed by atoms with Gasteiger partial charge in [0.15, 0.2) is 0 Å². The topological polar surface area (TPSA) is 56.0 Å². The van der Waals surface area contributed by atoms with Crippen LogP contribution in [0.15, 0.2) is 16.9 Å². The van der Waals surface area contributed by atoms with Crippen LogP contribution in [-0.4, -0.2) is 37.4 Å². The van der Waals surface area contributed by atoms with Gasteiger partial charge >= 0.3 is 0 Å². The highest BCUT2D eigenvalue weighted by molar-refractivity contribution is 9.10. The molecule has 6 nitrogen and oxygen atoms in total. The Hall–Kier alpha value is -1.63. The van der Waals surface area contributed by atoms with E-state index in [-0.39, 0.29) is 5.91 Å². The summed E-state index contributed by atoms with van der Waals surface area (Å²) in [5.41, 5.74) is 2.45. The molecule has 2 aromatic rings. The zero-order valence-corrected chi connectivity index (χ0v) is 13.0. The fourth-order valence-corrected chi connectivity index (χ4v) is 2.30. The number of aromatic nitrogens is 4. The summed E-state index contributed by atoms with van der Waals surface area (Å²) in [6.07, 6.45) is 3.33. The van der Waals surface area contributed by atoms with Crippen LogP contribution in [0.2, 0.25) is 0 Å². The van der Waals surface area contributed by atoms with Crippen LogP contribution in [0.1, 0.15) is 21.7 Å². The van der Waals surface area contributed by atoms with Crippen molar-refractivity contribution in [2.24, 2.45) is 14.1 Å². The third kappa shape index (κ3) is 2.56. The third-order valence-corrected chi connectivity index (χ3v) is 3.87. The van der Waals surface area contributed by atoms with Gasteiger partial charge in [-0.2, -0.15) is 10.2 Å². The number of rotatable bonds is 3. The molecule has 2 rings (SSSR count). The van der Waals surface area contributed by atoms with Crippen molar-refractivity contribution < 1.29 is 4.79 Å². The fourth-order valence-electron chi connectivity index (χ4n) is 1.82. The number of hydrogen-bond acceptors (Lipinski definition) is 3. The number of aryl methyl sites for hydroxylation is 2. The van der Waals surface area contributed by atoms with Gasteiger partial charge in [-0.3, -0.25) is 14.2 Å². The van der Waals surface area contributed by atoms with Crippen LogP contribution in [0.3, 0.4) is 0 Å². The van der Waals surface area contributed by atoms with E-state index < -0.39 is 0 Å². The molecule has 0 unspecified atom stereocenters. The van der Waals surface area contributed by atoms with Crippen molar-refractivity contribution in [1.29, 1.82) is 0 Å². The zero-order valence-electron chi connectivity index (χ0n) is 11.4. The molecule has 0 bridgehead atoms. The van der Waals surface area contributed by atoms with E-state index in [4.69, 9.17) is 0 Å². The summed E-state index contributed by atoms with van der Waals surface area (Å²) in [6.45, 7) is 2.37. The minimum Gasteiger partial charge on any atom is -0.336 e. The predicted octanol–water partition coefficient (Wildman–Crippen LogP) is 1.50. The lowest BCUT2D eigenvalue weighted by Gasteiger charge is -2.17. The molecule has 0 atom stereocenters. The second-order valence-corrected chi connectivity index (χ2v) is 5.35. The van der Waals surface area contributed by atoms with Crippen LogP contribution < -0.4 is 0 Å². The Kier molecular flexibility index (Phi) is 3.75. The number of halogens is 1. The van der Waals surface area contributed by atoms with E-state index in [1.165, 1.54) is 0 Å². The van der Waals surface area contributed by atoms with Crippen LogP contribution in [0.4, 0.5) is 0 Å². The minimum atomic E-state index is -0.0429. The average molecular weight is 326 g/mol. The Labute approximate surface area is 120 Å². The van der Waals surface area contributed by atoms with Crippen LogP contribution in [0.25, 0.3) is 0 Å². The van der Waals surface area contributed by atoms with Crippen LogP contribution in [-0.2, 0) is 20.6 Å². The maximum atomic E-state index is 12.4. The maximum Gasteiger partial charge on any atom is 0.257 e. The number of carbonyl (C=O) groups is 1. The van der Waals surface area contributed by atoms with Gasteiger partial charge < -0.3 is 4.90 Å². The highest BCUT2D eigenvalue weighted by Gasteiger charge is 2.19. The second-order valence-electron chi connectivity index (χ2n) is 4.49. The summed E-state index contributed by atoms with van der Waals surface area (Å²) in [4.78, 5) is 14.0. The van der Waals surface area contributed by atoms with Gasteiger partial charge in [0, 0.05) is 26.8 Å². The quantitative estimate of drug-likeness (QED) is 0.859. The van der Waals surface area contributed by atoms with Gasteiger partial charge in [-0.15, -0.1) is 0 Å². The number of carbonyl (C=O) groups excluding carboxylic acids is 1. The minimum absolute atomic E-state index is 0.0429. The normalized spacial score (nSPS) is 10.8. The monoisotopic (exact) mass is 325 g/mol. The molecule has 0 aromatic carbocycles. The third-order valence-electron chi connectivity index (χ3n) is 3.21. The summed E-state index contributed by atoms with van der Waals surface area (Å²) < 4.78 is 4.35. The molecule has 0 spiro atoms. The van der Waals surface area contributed by atoms with E-state index in [1.807, 2.05) is 21.0 Å². The smallest absolute Gasteiger partial charge is 0.257 e. The van der Waals surface area contributed by atoms with E-state index in [1.54, 1.807) is 33.7 Å². The van der Waals surface area contributed by atoms with Gasteiger partial charge in [-0.25, -0.2) is 0 Å². The Morgan fingerprint density at radius 3 is 2.42 bits per heavy atom. The SMILES string of the molecule is Cc1c(C(=O)N(C)Cc2c(Br)cnn2C)cnn1C. The molecule has 2 aromatic heterocycles. The first-order valence-corrected chi connectivity index (χ1v) is 6.61. The van der Waals surface area contributed by atoms with E-state index >= 15 is 0 Å². The Morgan fingerprint density at radius 2 is 1.95 bits per heavy atom.